The first-order chi connectivity index (χ1) is 9.65. The molecule has 20 heavy (non-hydrogen) atoms. The summed E-state index contributed by atoms with van der Waals surface area (Å²) in [5.74, 6) is 0.649. The molecule has 0 aliphatic rings. The number of fused-ring (bicyclic) bond motifs is 1. The molecule has 0 unspecified atom stereocenters. The summed E-state index contributed by atoms with van der Waals surface area (Å²) in [5, 5.41) is 9.48. The first-order valence-corrected chi connectivity index (χ1v) is 6.82. The van der Waals surface area contributed by atoms with Crippen molar-refractivity contribution >= 4 is 27.2 Å². The molecule has 1 aromatic heterocycles. The summed E-state index contributed by atoms with van der Waals surface area (Å²) in [7, 11) is 0. The van der Waals surface area contributed by atoms with Crippen LogP contribution in [0.3, 0.4) is 0 Å². The van der Waals surface area contributed by atoms with Crippen LogP contribution in [-0.4, -0.2) is 4.98 Å². The lowest BCUT2D eigenvalue weighted by Crippen LogP contribution is -1.88. The Hall–Kier alpha value is -2.58. The molecular weight excluding hydrogens is 270 g/mol. The molecule has 1 heterocycles. The molecule has 0 saturated heterocycles. The zero-order valence-corrected chi connectivity index (χ0v) is 11.6. The summed E-state index contributed by atoms with van der Waals surface area (Å²) in [4.78, 5) is 4.40. The summed E-state index contributed by atoms with van der Waals surface area (Å²) in [6.45, 7) is 1.93. The number of ether oxygens (including phenoxy) is 1. The van der Waals surface area contributed by atoms with Gasteiger partial charge in [0.15, 0.2) is 0 Å². The van der Waals surface area contributed by atoms with Gasteiger partial charge in [-0.05, 0) is 42.8 Å². The first-order valence-electron chi connectivity index (χ1n) is 6.00. The van der Waals surface area contributed by atoms with Crippen LogP contribution in [0, 0.1) is 18.3 Å². The van der Waals surface area contributed by atoms with Crippen molar-refractivity contribution in [3.63, 3.8) is 0 Å². The zero-order valence-electron chi connectivity index (χ0n) is 10.8. The minimum Gasteiger partial charge on any atom is -0.431 e. The number of nitrogens with zero attached hydrogens (tertiary/aromatic N) is 2. The van der Waals surface area contributed by atoms with E-state index < -0.39 is 0 Å². The number of anilines is 1. The highest BCUT2D eigenvalue weighted by atomic mass is 32.1. The van der Waals surface area contributed by atoms with Gasteiger partial charge in [0.2, 0.25) is 0 Å². The van der Waals surface area contributed by atoms with Gasteiger partial charge in [-0.25, -0.2) is 4.98 Å². The lowest BCUT2D eigenvalue weighted by atomic mass is 10.1. The van der Waals surface area contributed by atoms with Gasteiger partial charge in [0.05, 0.1) is 21.8 Å². The van der Waals surface area contributed by atoms with E-state index in [-0.39, 0.29) is 0 Å². The largest absolute Gasteiger partial charge is 0.431 e. The fourth-order valence-corrected chi connectivity index (χ4v) is 2.71. The molecule has 0 saturated carbocycles. The van der Waals surface area contributed by atoms with E-state index in [1.807, 2.05) is 31.2 Å². The number of thiazole rings is 1. The fraction of sp³-hybridized carbons (Fsp3) is 0.0667. The van der Waals surface area contributed by atoms with Crippen molar-refractivity contribution in [3.8, 4) is 17.0 Å². The number of aromatic nitrogens is 1. The number of nitriles is 1. The standard InChI is InChI=1S/C15H11N3OS/c1-9-2-3-10(8-16)6-13(9)19-15-18-12-5-4-11(17)7-14(12)20-15/h2-7H,17H2,1H3. The molecule has 0 bridgehead atoms. The number of nitrogens with two attached hydrogens (primary N) is 1. The van der Waals surface area contributed by atoms with Crippen LogP contribution in [0.4, 0.5) is 5.69 Å². The van der Waals surface area contributed by atoms with Gasteiger partial charge in [-0.15, -0.1) is 0 Å². The molecule has 2 aromatic carbocycles. The molecule has 3 aromatic rings. The Morgan fingerprint density at radius 2 is 2.10 bits per heavy atom. The maximum absolute atomic E-state index is 8.93. The Labute approximate surface area is 120 Å². The molecule has 0 aliphatic heterocycles. The predicted molar refractivity (Wildman–Crippen MR) is 80.0 cm³/mol. The van der Waals surface area contributed by atoms with Crippen LogP contribution in [0.2, 0.25) is 0 Å². The molecule has 0 radical (unpaired) electrons. The predicted octanol–water partition coefficient (Wildman–Crippen LogP) is 3.85. The monoisotopic (exact) mass is 281 g/mol. The summed E-state index contributed by atoms with van der Waals surface area (Å²) >= 11 is 1.43. The number of rotatable bonds is 2. The minimum atomic E-state index is 0.545. The number of aryl methyl sites for hydroxylation is 1. The lowest BCUT2D eigenvalue weighted by molar-refractivity contribution is 0.476. The molecule has 0 spiro atoms. The second kappa shape index (κ2) is 4.83. The molecule has 0 atom stereocenters. The normalized spacial score (nSPS) is 10.4. The second-order valence-electron chi connectivity index (χ2n) is 4.40. The first kappa shape index (κ1) is 12.5. The highest BCUT2D eigenvalue weighted by Gasteiger charge is 2.08. The van der Waals surface area contributed by atoms with Gasteiger partial charge in [-0.2, -0.15) is 5.26 Å². The highest BCUT2D eigenvalue weighted by Crippen LogP contribution is 2.33. The van der Waals surface area contributed by atoms with Crippen molar-refractivity contribution in [3.05, 3.63) is 47.5 Å². The van der Waals surface area contributed by atoms with Gasteiger partial charge >= 0.3 is 0 Å². The molecule has 2 N–H and O–H groups in total. The Morgan fingerprint density at radius 3 is 2.90 bits per heavy atom. The van der Waals surface area contributed by atoms with Crippen LogP contribution in [0.15, 0.2) is 36.4 Å². The smallest absolute Gasteiger partial charge is 0.279 e. The van der Waals surface area contributed by atoms with Crippen molar-refractivity contribution in [1.29, 1.82) is 5.26 Å². The van der Waals surface area contributed by atoms with Crippen molar-refractivity contribution in [2.24, 2.45) is 0 Å². The van der Waals surface area contributed by atoms with Crippen LogP contribution in [-0.2, 0) is 0 Å². The minimum absolute atomic E-state index is 0.545. The third-order valence-corrected chi connectivity index (χ3v) is 3.80. The Kier molecular flexibility index (Phi) is 3.01. The van der Waals surface area contributed by atoms with Crippen LogP contribution < -0.4 is 10.5 Å². The maximum Gasteiger partial charge on any atom is 0.279 e. The number of hydrogen-bond acceptors (Lipinski definition) is 5. The molecule has 5 heteroatoms. The Morgan fingerprint density at radius 1 is 1.25 bits per heavy atom. The summed E-state index contributed by atoms with van der Waals surface area (Å²) in [6, 6.07) is 13.0. The maximum atomic E-state index is 8.93. The van der Waals surface area contributed by atoms with E-state index in [0.29, 0.717) is 22.2 Å². The number of benzene rings is 2. The Bertz CT molecular complexity index is 833. The quantitative estimate of drug-likeness (QED) is 0.724. The third kappa shape index (κ3) is 2.29. The highest BCUT2D eigenvalue weighted by molar-refractivity contribution is 7.20. The molecule has 98 valence electrons. The zero-order chi connectivity index (χ0) is 14.1. The molecular formula is C15H11N3OS. The van der Waals surface area contributed by atoms with Crippen LogP contribution in [0.25, 0.3) is 10.2 Å². The van der Waals surface area contributed by atoms with Crippen LogP contribution in [0.5, 0.6) is 10.9 Å². The fourth-order valence-electron chi connectivity index (χ4n) is 1.84. The van der Waals surface area contributed by atoms with Gasteiger partial charge in [0.1, 0.15) is 5.75 Å². The number of hydrogen-bond donors (Lipinski definition) is 1. The Balaban J connectivity index is 1.99. The summed E-state index contributed by atoms with van der Waals surface area (Å²) in [5.41, 5.74) is 8.84. The molecule has 0 amide bonds. The van der Waals surface area contributed by atoms with Crippen molar-refractivity contribution in [1.82, 2.24) is 4.98 Å². The van der Waals surface area contributed by atoms with Gasteiger partial charge in [-0.1, -0.05) is 17.4 Å². The van der Waals surface area contributed by atoms with Crippen molar-refractivity contribution < 1.29 is 4.74 Å². The van der Waals surface area contributed by atoms with E-state index in [0.717, 1.165) is 15.8 Å². The second-order valence-corrected chi connectivity index (χ2v) is 5.39. The van der Waals surface area contributed by atoms with E-state index in [1.165, 1.54) is 11.3 Å². The van der Waals surface area contributed by atoms with Crippen molar-refractivity contribution in [2.45, 2.75) is 6.92 Å². The van der Waals surface area contributed by atoms with Crippen molar-refractivity contribution in [2.75, 3.05) is 5.73 Å². The lowest BCUT2D eigenvalue weighted by Gasteiger charge is -2.05. The summed E-state index contributed by atoms with van der Waals surface area (Å²) in [6.07, 6.45) is 0. The SMILES string of the molecule is Cc1ccc(C#N)cc1Oc1nc2ccc(N)cc2s1. The van der Waals surface area contributed by atoms with Crippen LogP contribution >= 0.6 is 11.3 Å². The third-order valence-electron chi connectivity index (χ3n) is 2.91. The van der Waals surface area contributed by atoms with E-state index in [9.17, 15) is 0 Å². The van der Waals surface area contributed by atoms with Crippen LogP contribution in [0.1, 0.15) is 11.1 Å². The van der Waals surface area contributed by atoms with E-state index >= 15 is 0 Å². The molecule has 3 rings (SSSR count). The van der Waals surface area contributed by atoms with E-state index in [2.05, 4.69) is 11.1 Å². The molecule has 0 aliphatic carbocycles. The van der Waals surface area contributed by atoms with Gasteiger partial charge in [0.25, 0.3) is 5.19 Å². The van der Waals surface area contributed by atoms with E-state index in [4.69, 9.17) is 15.7 Å². The molecule has 0 fully saturated rings. The van der Waals surface area contributed by atoms with Gasteiger partial charge < -0.3 is 10.5 Å². The molecule has 4 nitrogen and oxygen atoms in total. The number of nitrogen functional groups attached to an aromatic ring is 1. The average molecular weight is 281 g/mol. The van der Waals surface area contributed by atoms with Gasteiger partial charge in [-0.3, -0.25) is 0 Å². The topological polar surface area (TPSA) is 71.9 Å². The van der Waals surface area contributed by atoms with Gasteiger partial charge in [0, 0.05) is 5.69 Å². The average Bonchev–Trinajstić information content (AvgIpc) is 2.82. The summed E-state index contributed by atoms with van der Waals surface area (Å²) < 4.78 is 6.77. The van der Waals surface area contributed by atoms with E-state index in [1.54, 1.807) is 12.1 Å².